The second-order valence-corrected chi connectivity index (χ2v) is 7.89. The van der Waals surface area contributed by atoms with Crippen molar-refractivity contribution in [1.82, 2.24) is 35.4 Å². The summed E-state index contributed by atoms with van der Waals surface area (Å²) in [6, 6.07) is 10.4. The zero-order valence-corrected chi connectivity index (χ0v) is 17.9. The molecule has 1 aliphatic carbocycles. The van der Waals surface area contributed by atoms with Crippen molar-refractivity contribution >= 4 is 28.5 Å². The Labute approximate surface area is 186 Å². The topological polar surface area (TPSA) is 132 Å². The number of nitrogens with two attached hydrogens (primary N) is 2. The third kappa shape index (κ3) is 3.78. The molecule has 0 bridgehead atoms. The van der Waals surface area contributed by atoms with Crippen LogP contribution in [0.1, 0.15) is 30.8 Å². The summed E-state index contributed by atoms with van der Waals surface area (Å²) in [5.74, 6) is 0.856. The van der Waals surface area contributed by atoms with Crippen molar-refractivity contribution in [3.05, 3.63) is 71.2 Å². The maximum Gasteiger partial charge on any atom is 0.224 e. The number of hydrogen-bond donors (Lipinski definition) is 3. The molecule has 2 aliphatic rings. The van der Waals surface area contributed by atoms with Gasteiger partial charge in [0.25, 0.3) is 0 Å². The monoisotopic (exact) mass is 427 g/mol. The van der Waals surface area contributed by atoms with Crippen LogP contribution in [0.5, 0.6) is 0 Å². The van der Waals surface area contributed by atoms with Gasteiger partial charge in [-0.15, -0.1) is 10.2 Å². The number of allylic oxidation sites excluding steroid dienone is 5. The van der Waals surface area contributed by atoms with Crippen molar-refractivity contribution in [3.63, 3.8) is 0 Å². The highest BCUT2D eigenvalue weighted by Crippen LogP contribution is 2.31. The zero-order valence-electron chi connectivity index (χ0n) is 17.9. The average molecular weight is 428 g/mol. The van der Waals surface area contributed by atoms with Crippen LogP contribution in [0, 0.1) is 0 Å². The molecule has 0 spiro atoms. The summed E-state index contributed by atoms with van der Waals surface area (Å²) in [4.78, 5) is 15.0. The highest BCUT2D eigenvalue weighted by atomic mass is 15.3. The Hall–Kier alpha value is -3.85. The van der Waals surface area contributed by atoms with Crippen molar-refractivity contribution in [2.75, 3.05) is 31.1 Å². The zero-order chi connectivity index (χ0) is 22.1. The molecule has 0 amide bonds. The van der Waals surface area contributed by atoms with E-state index in [1.165, 1.54) is 22.4 Å². The molecular weight excluding hydrogens is 402 g/mol. The van der Waals surface area contributed by atoms with E-state index < -0.39 is 0 Å². The van der Waals surface area contributed by atoms with E-state index in [4.69, 9.17) is 11.5 Å². The number of nitrogen functional groups attached to an aromatic ring is 2. The summed E-state index contributed by atoms with van der Waals surface area (Å²) in [6.07, 6.45) is 7.57. The maximum atomic E-state index is 6.00. The highest BCUT2D eigenvalue weighted by Gasteiger charge is 2.26. The van der Waals surface area contributed by atoms with E-state index in [9.17, 15) is 0 Å². The van der Waals surface area contributed by atoms with Gasteiger partial charge >= 0.3 is 0 Å². The van der Waals surface area contributed by atoms with Gasteiger partial charge in [0.05, 0.1) is 6.04 Å². The van der Waals surface area contributed by atoms with Gasteiger partial charge in [0.2, 0.25) is 11.6 Å². The number of piperazine rings is 1. The molecule has 1 aromatic carbocycles. The molecule has 3 aromatic rings. The predicted octanol–water partition coefficient (Wildman–Crippen LogP) is 2.24. The van der Waals surface area contributed by atoms with Gasteiger partial charge in [-0.25, -0.2) is 4.98 Å². The molecule has 5 N–H and O–H groups in total. The minimum Gasteiger partial charge on any atom is -0.382 e. The largest absolute Gasteiger partial charge is 0.382 e. The van der Waals surface area contributed by atoms with E-state index in [0.29, 0.717) is 17.0 Å². The van der Waals surface area contributed by atoms with E-state index in [1.54, 1.807) is 0 Å². The quantitative estimate of drug-likeness (QED) is 0.575. The molecule has 2 aromatic heterocycles. The lowest BCUT2D eigenvalue weighted by Crippen LogP contribution is -2.44. The van der Waals surface area contributed by atoms with Gasteiger partial charge < -0.3 is 21.7 Å². The van der Waals surface area contributed by atoms with Gasteiger partial charge in [0, 0.05) is 25.3 Å². The second kappa shape index (κ2) is 8.35. The van der Waals surface area contributed by atoms with Crippen molar-refractivity contribution in [2.45, 2.75) is 19.4 Å². The first kappa shape index (κ1) is 20.1. The molecular formula is C23H25N9. The fourth-order valence-electron chi connectivity index (χ4n) is 4.18. The Balaban J connectivity index is 1.44. The molecule has 9 heteroatoms. The Bertz CT molecular complexity index is 1250. The van der Waals surface area contributed by atoms with Gasteiger partial charge in [-0.3, -0.25) is 0 Å². The molecule has 0 radical (unpaired) electrons. The molecule has 1 atom stereocenters. The summed E-state index contributed by atoms with van der Waals surface area (Å²) in [5, 5.41) is 12.0. The van der Waals surface area contributed by atoms with E-state index in [2.05, 4.69) is 84.8 Å². The highest BCUT2D eigenvalue weighted by molar-refractivity contribution is 5.81. The third-order valence-corrected chi connectivity index (χ3v) is 5.88. The van der Waals surface area contributed by atoms with Gasteiger partial charge in [0.1, 0.15) is 0 Å². The number of rotatable bonds is 3. The first-order chi connectivity index (χ1) is 15.6. The first-order valence-corrected chi connectivity index (χ1v) is 10.7. The first-order valence-electron chi connectivity index (χ1n) is 10.7. The second-order valence-electron chi connectivity index (χ2n) is 7.89. The minimum atomic E-state index is -0.0821. The number of benzene rings is 1. The molecule has 1 fully saturated rings. The summed E-state index contributed by atoms with van der Waals surface area (Å²) in [7, 11) is 0. The van der Waals surface area contributed by atoms with Crippen molar-refractivity contribution < 1.29 is 0 Å². The van der Waals surface area contributed by atoms with Crippen LogP contribution < -0.4 is 16.8 Å². The molecule has 32 heavy (non-hydrogen) atoms. The number of aromatic nitrogens is 5. The van der Waals surface area contributed by atoms with Crippen LogP contribution in [0.3, 0.4) is 0 Å². The molecule has 1 saturated heterocycles. The fourth-order valence-corrected chi connectivity index (χ4v) is 4.18. The van der Waals surface area contributed by atoms with Crippen LogP contribution in [0.4, 0.5) is 11.8 Å². The average Bonchev–Trinajstić information content (AvgIpc) is 2.84. The smallest absolute Gasteiger partial charge is 0.224 e. The van der Waals surface area contributed by atoms with Gasteiger partial charge in [-0.2, -0.15) is 9.97 Å². The van der Waals surface area contributed by atoms with Crippen LogP contribution in [0.15, 0.2) is 59.8 Å². The van der Waals surface area contributed by atoms with Crippen LogP contribution in [-0.4, -0.2) is 49.7 Å². The lowest BCUT2D eigenvalue weighted by molar-refractivity contribution is 0.229. The van der Waals surface area contributed by atoms with E-state index in [1.807, 2.05) is 6.07 Å². The maximum absolute atomic E-state index is 6.00. The molecule has 162 valence electrons. The molecule has 5 rings (SSSR count). The molecule has 1 unspecified atom stereocenters. The summed E-state index contributed by atoms with van der Waals surface area (Å²) >= 11 is 0. The van der Waals surface area contributed by atoms with E-state index in [0.717, 1.165) is 26.1 Å². The van der Waals surface area contributed by atoms with Crippen LogP contribution in [0.2, 0.25) is 0 Å². The number of fused-ring (bicyclic) bond motifs is 1. The normalized spacial score (nSPS) is 19.8. The van der Waals surface area contributed by atoms with E-state index in [-0.39, 0.29) is 17.8 Å². The number of nitrogens with one attached hydrogen (secondary N) is 1. The Morgan fingerprint density at radius 1 is 1.03 bits per heavy atom. The summed E-state index contributed by atoms with van der Waals surface area (Å²) in [6.45, 7) is 4.61. The SMILES string of the molecule is CC(c1nnc2nc(N)nc(N)c2n1)N1CCNCC1=C1C=CC(c2ccccc2)=CC1. The minimum absolute atomic E-state index is 0.0630. The Morgan fingerprint density at radius 2 is 1.88 bits per heavy atom. The molecule has 1 aliphatic heterocycles. The van der Waals surface area contributed by atoms with Crippen LogP contribution >= 0.6 is 0 Å². The molecule has 3 heterocycles. The van der Waals surface area contributed by atoms with Crippen molar-refractivity contribution in [3.8, 4) is 0 Å². The number of hydrogen-bond acceptors (Lipinski definition) is 9. The standard InChI is InChI=1S/C23H25N9/c1-14(21-27-19-20(24)28-23(25)29-22(19)31-30-21)32-12-11-26-13-18(32)17-9-7-16(8-10-17)15-5-3-2-4-6-15/h2-9,14,26H,10-13H2,1H3,(H4,24,25,28,29,31). The Kier molecular flexibility index (Phi) is 5.24. The predicted molar refractivity (Wildman–Crippen MR) is 125 cm³/mol. The van der Waals surface area contributed by atoms with Gasteiger partial charge in [0.15, 0.2) is 17.2 Å². The summed E-state index contributed by atoms with van der Waals surface area (Å²) in [5.41, 5.74) is 17.4. The molecule has 9 nitrogen and oxygen atoms in total. The number of anilines is 2. The van der Waals surface area contributed by atoms with Crippen molar-refractivity contribution in [1.29, 1.82) is 0 Å². The van der Waals surface area contributed by atoms with E-state index >= 15 is 0 Å². The summed E-state index contributed by atoms with van der Waals surface area (Å²) < 4.78 is 0. The van der Waals surface area contributed by atoms with Crippen molar-refractivity contribution in [2.24, 2.45) is 0 Å². The fraction of sp³-hybridized carbons (Fsp3) is 0.261. The van der Waals surface area contributed by atoms with Crippen LogP contribution in [-0.2, 0) is 0 Å². The van der Waals surface area contributed by atoms with Gasteiger partial charge in [-0.1, -0.05) is 48.6 Å². The number of nitrogens with zero attached hydrogens (tertiary/aromatic N) is 6. The lowest BCUT2D eigenvalue weighted by atomic mass is 9.94. The van der Waals surface area contributed by atoms with Gasteiger partial charge in [-0.05, 0) is 30.1 Å². The third-order valence-electron chi connectivity index (χ3n) is 5.88. The Morgan fingerprint density at radius 3 is 2.66 bits per heavy atom. The lowest BCUT2D eigenvalue weighted by Gasteiger charge is -2.38. The molecule has 0 saturated carbocycles. The van der Waals surface area contributed by atoms with Crippen LogP contribution in [0.25, 0.3) is 16.7 Å².